The number of aryl methyl sites for hydroxylation is 2. The van der Waals surface area contributed by atoms with E-state index in [0.29, 0.717) is 27.8 Å². The van der Waals surface area contributed by atoms with Crippen molar-refractivity contribution in [1.29, 1.82) is 0 Å². The summed E-state index contributed by atoms with van der Waals surface area (Å²) >= 11 is 6.27. The van der Waals surface area contributed by atoms with Crippen LogP contribution in [0.2, 0.25) is 5.02 Å². The second kappa shape index (κ2) is 7.96. The Balaban J connectivity index is 1.91. The fourth-order valence-corrected chi connectivity index (χ4v) is 3.90. The third-order valence-corrected chi connectivity index (χ3v) is 5.77. The topological polar surface area (TPSA) is 80.0 Å². The number of carbonyl (C=O) groups is 2. The van der Waals surface area contributed by atoms with Gasteiger partial charge in [0.1, 0.15) is 23.3 Å². The average molecular weight is 438 g/mol. The third kappa shape index (κ3) is 3.49. The molecule has 1 saturated heterocycles. The van der Waals surface area contributed by atoms with Crippen molar-refractivity contribution >= 4 is 34.7 Å². The van der Waals surface area contributed by atoms with E-state index in [0.717, 1.165) is 11.1 Å². The number of amides is 1. The Bertz CT molecular complexity index is 1210. The second-order valence-corrected chi connectivity index (χ2v) is 7.71. The molecule has 1 atom stereocenters. The number of ketones is 1. The number of rotatable bonds is 4. The Labute approximate surface area is 184 Å². The van der Waals surface area contributed by atoms with E-state index in [-0.39, 0.29) is 11.3 Å². The quantitative estimate of drug-likeness (QED) is 0.345. The van der Waals surface area contributed by atoms with Gasteiger partial charge >= 0.3 is 0 Å². The Morgan fingerprint density at radius 2 is 1.87 bits per heavy atom. The van der Waals surface area contributed by atoms with Crippen molar-refractivity contribution in [1.82, 2.24) is 0 Å². The highest BCUT2D eigenvalue weighted by Gasteiger charge is 2.48. The first kappa shape index (κ1) is 20.8. The number of hydrogen-bond acceptors (Lipinski definition) is 5. The summed E-state index contributed by atoms with van der Waals surface area (Å²) in [5.41, 5.74) is 2.39. The van der Waals surface area contributed by atoms with Gasteiger partial charge in [-0.2, -0.15) is 0 Å². The first-order valence-electron chi connectivity index (χ1n) is 9.59. The SMILES string of the molecule is COc1ccc(/C(O)=C2/C(=O)C(=O)N(c3ccc(C)c(Cl)c3)C2c2ccco2)cc1C. The highest BCUT2D eigenvalue weighted by atomic mass is 35.5. The molecule has 1 aliphatic heterocycles. The summed E-state index contributed by atoms with van der Waals surface area (Å²) in [6.45, 7) is 3.67. The van der Waals surface area contributed by atoms with Crippen molar-refractivity contribution in [3.8, 4) is 5.75 Å². The Hall–Kier alpha value is -3.51. The minimum Gasteiger partial charge on any atom is -0.507 e. The van der Waals surface area contributed by atoms with Crippen LogP contribution in [-0.4, -0.2) is 23.9 Å². The lowest BCUT2D eigenvalue weighted by Crippen LogP contribution is -2.29. The van der Waals surface area contributed by atoms with Gasteiger partial charge in [0, 0.05) is 16.3 Å². The number of nitrogens with zero attached hydrogens (tertiary/aromatic N) is 1. The van der Waals surface area contributed by atoms with E-state index in [1.54, 1.807) is 55.6 Å². The molecular weight excluding hydrogens is 418 g/mol. The molecule has 1 N–H and O–H groups in total. The summed E-state index contributed by atoms with van der Waals surface area (Å²) < 4.78 is 10.8. The molecule has 0 aliphatic carbocycles. The smallest absolute Gasteiger partial charge is 0.300 e. The summed E-state index contributed by atoms with van der Waals surface area (Å²) in [7, 11) is 1.55. The van der Waals surface area contributed by atoms with Crippen LogP contribution in [0, 0.1) is 13.8 Å². The molecule has 0 saturated carbocycles. The first-order valence-corrected chi connectivity index (χ1v) is 9.97. The van der Waals surface area contributed by atoms with Crippen LogP contribution < -0.4 is 9.64 Å². The minimum absolute atomic E-state index is 0.0544. The first-order chi connectivity index (χ1) is 14.8. The maximum atomic E-state index is 13.1. The van der Waals surface area contributed by atoms with Crippen LogP contribution in [0.5, 0.6) is 5.75 Å². The number of ether oxygens (including phenoxy) is 1. The van der Waals surface area contributed by atoms with E-state index in [4.69, 9.17) is 20.8 Å². The number of hydrogen-bond donors (Lipinski definition) is 1. The number of halogens is 1. The number of methoxy groups -OCH3 is 1. The molecule has 2 aromatic carbocycles. The van der Waals surface area contributed by atoms with Gasteiger partial charge in [-0.05, 0) is 67.4 Å². The standard InChI is InChI=1S/C24H20ClNO5/c1-13-6-8-16(12-17(13)25)26-21(19-5-4-10-31-19)20(23(28)24(26)29)22(27)15-7-9-18(30-3)14(2)11-15/h4-12,21,27H,1-3H3/b22-20-. The maximum absolute atomic E-state index is 13.1. The molecule has 158 valence electrons. The van der Waals surface area contributed by atoms with Gasteiger partial charge in [-0.15, -0.1) is 0 Å². The van der Waals surface area contributed by atoms with Crippen LogP contribution in [0.1, 0.15) is 28.5 Å². The molecule has 3 aromatic rings. The van der Waals surface area contributed by atoms with Crippen LogP contribution in [0.4, 0.5) is 5.69 Å². The molecule has 0 bridgehead atoms. The van der Waals surface area contributed by atoms with Gasteiger partial charge in [-0.25, -0.2) is 0 Å². The van der Waals surface area contributed by atoms with Crippen molar-refractivity contribution in [3.05, 3.63) is 87.8 Å². The van der Waals surface area contributed by atoms with Crippen molar-refractivity contribution in [2.45, 2.75) is 19.9 Å². The van der Waals surface area contributed by atoms with Gasteiger partial charge in [-0.3, -0.25) is 14.5 Å². The van der Waals surface area contributed by atoms with Crippen LogP contribution in [-0.2, 0) is 9.59 Å². The van der Waals surface area contributed by atoms with Crippen molar-refractivity contribution in [2.24, 2.45) is 0 Å². The molecule has 4 rings (SSSR count). The van der Waals surface area contributed by atoms with Gasteiger partial charge in [0.2, 0.25) is 0 Å². The van der Waals surface area contributed by atoms with Crippen LogP contribution >= 0.6 is 11.6 Å². The molecule has 6 nitrogen and oxygen atoms in total. The number of carbonyl (C=O) groups excluding carboxylic acids is 2. The molecule has 7 heteroatoms. The Morgan fingerprint density at radius 1 is 1.10 bits per heavy atom. The number of aliphatic hydroxyl groups excluding tert-OH is 1. The van der Waals surface area contributed by atoms with E-state index in [1.807, 2.05) is 13.8 Å². The number of Topliss-reactive ketones (excluding diaryl/α,β-unsaturated/α-hetero) is 1. The zero-order valence-electron chi connectivity index (χ0n) is 17.2. The van der Waals surface area contributed by atoms with Gasteiger partial charge in [-0.1, -0.05) is 17.7 Å². The van der Waals surface area contributed by atoms with Gasteiger partial charge in [0.25, 0.3) is 11.7 Å². The van der Waals surface area contributed by atoms with E-state index in [1.165, 1.54) is 11.2 Å². The lowest BCUT2D eigenvalue weighted by atomic mass is 9.98. The third-order valence-electron chi connectivity index (χ3n) is 5.36. The predicted octanol–water partition coefficient (Wildman–Crippen LogP) is 5.18. The molecule has 1 fully saturated rings. The Morgan fingerprint density at radius 3 is 2.48 bits per heavy atom. The van der Waals surface area contributed by atoms with Gasteiger partial charge < -0.3 is 14.3 Å². The van der Waals surface area contributed by atoms with Crippen LogP contribution in [0.3, 0.4) is 0 Å². The monoisotopic (exact) mass is 437 g/mol. The van der Waals surface area contributed by atoms with Crippen LogP contribution in [0.15, 0.2) is 64.8 Å². The van der Waals surface area contributed by atoms with E-state index < -0.39 is 17.7 Å². The summed E-state index contributed by atoms with van der Waals surface area (Å²) in [4.78, 5) is 27.4. The lowest BCUT2D eigenvalue weighted by molar-refractivity contribution is -0.132. The fourth-order valence-electron chi connectivity index (χ4n) is 3.73. The summed E-state index contributed by atoms with van der Waals surface area (Å²) in [6.07, 6.45) is 1.45. The molecule has 2 heterocycles. The zero-order chi connectivity index (χ0) is 22.3. The molecule has 1 amide bonds. The second-order valence-electron chi connectivity index (χ2n) is 7.30. The predicted molar refractivity (Wildman–Crippen MR) is 117 cm³/mol. The van der Waals surface area contributed by atoms with Gasteiger partial charge in [0.05, 0.1) is 18.9 Å². The largest absolute Gasteiger partial charge is 0.507 e. The molecule has 0 spiro atoms. The number of benzene rings is 2. The van der Waals surface area contributed by atoms with E-state index in [9.17, 15) is 14.7 Å². The summed E-state index contributed by atoms with van der Waals surface area (Å²) in [6, 6.07) is 12.5. The molecule has 1 unspecified atom stereocenters. The average Bonchev–Trinajstić information content (AvgIpc) is 3.37. The molecule has 1 aromatic heterocycles. The molecule has 1 aliphatic rings. The minimum atomic E-state index is -0.934. The van der Waals surface area contributed by atoms with E-state index in [2.05, 4.69) is 0 Å². The lowest BCUT2D eigenvalue weighted by Gasteiger charge is -2.23. The van der Waals surface area contributed by atoms with Crippen LogP contribution in [0.25, 0.3) is 5.76 Å². The van der Waals surface area contributed by atoms with Gasteiger partial charge in [0.15, 0.2) is 0 Å². The summed E-state index contributed by atoms with van der Waals surface area (Å²) in [5.74, 6) is -0.861. The summed E-state index contributed by atoms with van der Waals surface area (Å²) in [5, 5.41) is 11.6. The maximum Gasteiger partial charge on any atom is 0.300 e. The number of aliphatic hydroxyl groups is 1. The Kier molecular flexibility index (Phi) is 5.33. The zero-order valence-corrected chi connectivity index (χ0v) is 17.9. The number of furan rings is 1. The highest BCUT2D eigenvalue weighted by molar-refractivity contribution is 6.51. The molecular formula is C24H20ClNO5. The normalized spacial score (nSPS) is 17.9. The highest BCUT2D eigenvalue weighted by Crippen LogP contribution is 2.43. The molecule has 0 radical (unpaired) electrons. The van der Waals surface area contributed by atoms with Crippen molar-refractivity contribution in [2.75, 3.05) is 12.0 Å². The van der Waals surface area contributed by atoms with E-state index >= 15 is 0 Å². The van der Waals surface area contributed by atoms with Crippen molar-refractivity contribution < 1.29 is 23.8 Å². The fraction of sp³-hybridized carbons (Fsp3) is 0.167. The van der Waals surface area contributed by atoms with Crippen molar-refractivity contribution in [3.63, 3.8) is 0 Å². The number of anilines is 1. The molecule has 31 heavy (non-hydrogen) atoms.